The van der Waals surface area contributed by atoms with Crippen molar-refractivity contribution in [2.45, 2.75) is 38.3 Å². The number of quaternary nitrogens is 1. The summed E-state index contributed by atoms with van der Waals surface area (Å²) >= 11 is 6.16. The van der Waals surface area contributed by atoms with Crippen LogP contribution in [0.15, 0.2) is 24.8 Å². The molecule has 0 aromatic heterocycles. The minimum Gasteiger partial charge on any atom is -0.493 e. The van der Waals surface area contributed by atoms with E-state index in [1.54, 1.807) is 19.3 Å². The zero-order valence-corrected chi connectivity index (χ0v) is 12.8. The fraction of sp³-hybridized carbons (Fsp3) is 0.500. The van der Waals surface area contributed by atoms with E-state index in [1.165, 1.54) is 25.7 Å². The van der Waals surface area contributed by atoms with Crippen LogP contribution in [0.1, 0.15) is 31.2 Å². The van der Waals surface area contributed by atoms with Gasteiger partial charge in [-0.3, -0.25) is 0 Å². The summed E-state index contributed by atoms with van der Waals surface area (Å²) in [7, 11) is 1.64. The van der Waals surface area contributed by atoms with E-state index in [4.69, 9.17) is 21.1 Å². The molecule has 0 saturated heterocycles. The van der Waals surface area contributed by atoms with E-state index in [1.807, 2.05) is 6.07 Å². The smallest absolute Gasteiger partial charge is 0.170 e. The molecule has 110 valence electrons. The van der Waals surface area contributed by atoms with Crippen LogP contribution >= 0.6 is 11.6 Å². The van der Waals surface area contributed by atoms with Crippen LogP contribution in [-0.4, -0.2) is 19.8 Å². The largest absolute Gasteiger partial charge is 0.493 e. The second kappa shape index (κ2) is 7.55. The first-order chi connectivity index (χ1) is 9.74. The van der Waals surface area contributed by atoms with Gasteiger partial charge in [0, 0.05) is 11.1 Å². The van der Waals surface area contributed by atoms with E-state index < -0.39 is 0 Å². The van der Waals surface area contributed by atoms with Crippen molar-refractivity contribution in [2.24, 2.45) is 0 Å². The van der Waals surface area contributed by atoms with Crippen LogP contribution in [0.25, 0.3) is 0 Å². The quantitative estimate of drug-likeness (QED) is 0.785. The maximum absolute atomic E-state index is 6.16. The van der Waals surface area contributed by atoms with Crippen molar-refractivity contribution >= 4 is 11.6 Å². The summed E-state index contributed by atoms with van der Waals surface area (Å²) < 4.78 is 11.1. The number of hydrogen-bond donors (Lipinski definition) is 1. The van der Waals surface area contributed by atoms with Gasteiger partial charge in [-0.1, -0.05) is 24.3 Å². The molecular formula is C16H23ClNO2+. The standard InChI is InChI=1S/C16H22ClNO2/c1-3-8-20-16-12(9-13(17)10-15(16)19-2)11-18-14-6-4-5-7-14/h3,9-10,14,18H,1,4-8,11H2,2H3/p+1. The fourth-order valence-electron chi connectivity index (χ4n) is 2.72. The lowest BCUT2D eigenvalue weighted by molar-refractivity contribution is -0.703. The van der Waals surface area contributed by atoms with E-state index in [9.17, 15) is 0 Å². The Bertz CT molecular complexity index is 456. The van der Waals surface area contributed by atoms with Gasteiger partial charge in [0.25, 0.3) is 0 Å². The first-order valence-corrected chi connectivity index (χ1v) is 7.55. The van der Waals surface area contributed by atoms with Crippen molar-refractivity contribution < 1.29 is 14.8 Å². The Hall–Kier alpha value is -1.19. The topological polar surface area (TPSA) is 35.1 Å². The zero-order valence-electron chi connectivity index (χ0n) is 12.0. The molecule has 1 aliphatic carbocycles. The van der Waals surface area contributed by atoms with Gasteiger partial charge in [0.1, 0.15) is 13.2 Å². The van der Waals surface area contributed by atoms with E-state index in [0.717, 1.165) is 23.9 Å². The first kappa shape index (κ1) is 15.2. The second-order valence-corrected chi connectivity index (χ2v) is 5.62. The molecule has 0 atom stereocenters. The van der Waals surface area contributed by atoms with Crippen molar-refractivity contribution in [1.82, 2.24) is 0 Å². The van der Waals surface area contributed by atoms with E-state index in [0.29, 0.717) is 17.4 Å². The Labute approximate surface area is 125 Å². The molecule has 2 rings (SSSR count). The number of rotatable bonds is 7. The summed E-state index contributed by atoms with van der Waals surface area (Å²) in [5, 5.41) is 3.07. The van der Waals surface area contributed by atoms with Gasteiger partial charge < -0.3 is 14.8 Å². The molecule has 0 unspecified atom stereocenters. The summed E-state index contributed by atoms with van der Waals surface area (Å²) in [5.74, 6) is 1.47. The average molecular weight is 297 g/mol. The number of methoxy groups -OCH3 is 1. The second-order valence-electron chi connectivity index (χ2n) is 5.18. The summed E-state index contributed by atoms with van der Waals surface area (Å²) in [6.45, 7) is 5.02. The maximum Gasteiger partial charge on any atom is 0.170 e. The predicted octanol–water partition coefficient (Wildman–Crippen LogP) is 2.92. The van der Waals surface area contributed by atoms with Gasteiger partial charge >= 0.3 is 0 Å². The Morgan fingerprint density at radius 2 is 2.15 bits per heavy atom. The SMILES string of the molecule is C=CCOc1c(C[NH2+]C2CCCC2)cc(Cl)cc1OC. The molecule has 0 bridgehead atoms. The third-order valence-corrected chi connectivity index (χ3v) is 3.95. The Kier molecular flexibility index (Phi) is 5.74. The van der Waals surface area contributed by atoms with Crippen LogP contribution in [0, 0.1) is 0 Å². The molecule has 20 heavy (non-hydrogen) atoms. The summed E-state index contributed by atoms with van der Waals surface area (Å²) in [6, 6.07) is 4.49. The van der Waals surface area contributed by atoms with Gasteiger partial charge in [-0.2, -0.15) is 0 Å². The molecule has 0 radical (unpaired) electrons. The normalized spacial score (nSPS) is 15.3. The average Bonchev–Trinajstić information content (AvgIpc) is 2.96. The summed E-state index contributed by atoms with van der Waals surface area (Å²) in [6.07, 6.45) is 7.04. The molecule has 4 heteroatoms. The number of nitrogens with two attached hydrogens (primary N) is 1. The molecule has 1 aliphatic rings. The number of hydrogen-bond acceptors (Lipinski definition) is 2. The highest BCUT2D eigenvalue weighted by atomic mass is 35.5. The molecule has 0 amide bonds. The van der Waals surface area contributed by atoms with E-state index in [2.05, 4.69) is 11.9 Å². The molecule has 1 aromatic carbocycles. The highest BCUT2D eigenvalue weighted by Gasteiger charge is 2.20. The molecule has 0 heterocycles. The third-order valence-electron chi connectivity index (χ3n) is 3.73. The Balaban J connectivity index is 2.14. The van der Waals surface area contributed by atoms with Gasteiger partial charge in [-0.25, -0.2) is 0 Å². The third kappa shape index (κ3) is 3.90. The van der Waals surface area contributed by atoms with E-state index >= 15 is 0 Å². The molecule has 0 spiro atoms. The molecular weight excluding hydrogens is 274 g/mol. The number of halogens is 1. The Morgan fingerprint density at radius 1 is 1.40 bits per heavy atom. The molecule has 1 aromatic rings. The van der Waals surface area contributed by atoms with Crippen LogP contribution in [0.5, 0.6) is 11.5 Å². The molecule has 1 fully saturated rings. The van der Waals surface area contributed by atoms with Gasteiger partial charge in [0.05, 0.1) is 18.7 Å². The predicted molar refractivity (Wildman–Crippen MR) is 81.6 cm³/mol. The monoisotopic (exact) mass is 296 g/mol. The minimum absolute atomic E-state index is 0.467. The fourth-order valence-corrected chi connectivity index (χ4v) is 2.95. The first-order valence-electron chi connectivity index (χ1n) is 7.18. The zero-order chi connectivity index (χ0) is 14.4. The van der Waals surface area contributed by atoms with Crippen molar-refractivity contribution in [3.05, 3.63) is 35.4 Å². The number of benzene rings is 1. The van der Waals surface area contributed by atoms with Crippen molar-refractivity contribution in [1.29, 1.82) is 0 Å². The molecule has 3 nitrogen and oxygen atoms in total. The van der Waals surface area contributed by atoms with Gasteiger partial charge in [0.2, 0.25) is 0 Å². The van der Waals surface area contributed by atoms with Gasteiger partial charge in [-0.15, -0.1) is 0 Å². The maximum atomic E-state index is 6.16. The van der Waals surface area contributed by atoms with Gasteiger partial charge in [0.15, 0.2) is 11.5 Å². The van der Waals surface area contributed by atoms with Crippen molar-refractivity contribution in [3.63, 3.8) is 0 Å². The van der Waals surface area contributed by atoms with Crippen LogP contribution in [-0.2, 0) is 6.54 Å². The highest BCUT2D eigenvalue weighted by molar-refractivity contribution is 6.30. The van der Waals surface area contributed by atoms with Crippen LogP contribution in [0.4, 0.5) is 0 Å². The van der Waals surface area contributed by atoms with Crippen LogP contribution < -0.4 is 14.8 Å². The molecule has 0 aliphatic heterocycles. The van der Waals surface area contributed by atoms with Crippen molar-refractivity contribution in [2.75, 3.05) is 13.7 Å². The Morgan fingerprint density at radius 3 is 2.80 bits per heavy atom. The van der Waals surface area contributed by atoms with Crippen LogP contribution in [0.2, 0.25) is 5.02 Å². The minimum atomic E-state index is 0.467. The van der Waals surface area contributed by atoms with Crippen molar-refractivity contribution in [3.8, 4) is 11.5 Å². The lowest BCUT2D eigenvalue weighted by atomic mass is 10.1. The highest BCUT2D eigenvalue weighted by Crippen LogP contribution is 2.34. The van der Waals surface area contributed by atoms with Crippen LogP contribution in [0.3, 0.4) is 0 Å². The number of ether oxygens (including phenoxy) is 2. The summed E-state index contributed by atoms with van der Waals surface area (Å²) in [4.78, 5) is 0. The summed E-state index contributed by atoms with van der Waals surface area (Å²) in [5.41, 5.74) is 1.09. The lowest BCUT2D eigenvalue weighted by Gasteiger charge is -2.15. The molecule has 2 N–H and O–H groups in total. The van der Waals surface area contributed by atoms with E-state index in [-0.39, 0.29) is 0 Å². The lowest BCUT2D eigenvalue weighted by Crippen LogP contribution is -2.87. The van der Waals surface area contributed by atoms with Gasteiger partial charge in [-0.05, 0) is 31.7 Å². The molecule has 1 saturated carbocycles.